The maximum Gasteiger partial charge on any atom is 0.243 e. The number of benzene rings is 1. The van der Waals surface area contributed by atoms with Crippen LogP contribution in [0.3, 0.4) is 0 Å². The fraction of sp³-hybridized carbons (Fsp3) is 0.312. The normalized spacial score (nSPS) is 16.7. The summed E-state index contributed by atoms with van der Waals surface area (Å²) >= 11 is 12.5. The van der Waals surface area contributed by atoms with E-state index in [2.05, 4.69) is 4.98 Å². The number of anilines is 1. The highest BCUT2D eigenvalue weighted by Gasteiger charge is 2.28. The molecule has 134 valence electrons. The minimum absolute atomic E-state index is 0.0905. The smallest absolute Gasteiger partial charge is 0.243 e. The number of H-pyrrole nitrogens is 1. The quantitative estimate of drug-likeness (QED) is 0.789. The Morgan fingerprint density at radius 3 is 2.24 bits per heavy atom. The first-order valence-corrected chi connectivity index (χ1v) is 9.95. The van der Waals surface area contributed by atoms with Gasteiger partial charge in [-0.25, -0.2) is 17.8 Å². The van der Waals surface area contributed by atoms with Crippen molar-refractivity contribution in [3.05, 3.63) is 52.5 Å². The van der Waals surface area contributed by atoms with Crippen LogP contribution in [0.5, 0.6) is 0 Å². The summed E-state index contributed by atoms with van der Waals surface area (Å²) in [6, 6.07) is 4.87. The van der Waals surface area contributed by atoms with Crippen LogP contribution in [-0.2, 0) is 10.0 Å². The van der Waals surface area contributed by atoms with E-state index in [1.54, 1.807) is 12.4 Å². The van der Waals surface area contributed by atoms with Gasteiger partial charge in [0.2, 0.25) is 10.0 Å². The van der Waals surface area contributed by atoms with Crippen LogP contribution in [0.4, 0.5) is 10.1 Å². The molecular formula is C16H17Cl2FN3O2S+. The molecule has 0 atom stereocenters. The van der Waals surface area contributed by atoms with Gasteiger partial charge < -0.3 is 4.90 Å². The molecule has 0 unspecified atom stereocenters. The van der Waals surface area contributed by atoms with Gasteiger partial charge in [0, 0.05) is 26.2 Å². The number of sulfonamides is 1. The Hall–Kier alpha value is -1.41. The van der Waals surface area contributed by atoms with Gasteiger partial charge in [-0.3, -0.25) is 0 Å². The van der Waals surface area contributed by atoms with Gasteiger partial charge in [0.25, 0.3) is 0 Å². The van der Waals surface area contributed by atoms with Crippen molar-refractivity contribution in [2.24, 2.45) is 0 Å². The highest BCUT2D eigenvalue weighted by atomic mass is 35.5. The molecule has 0 radical (unpaired) electrons. The van der Waals surface area contributed by atoms with Gasteiger partial charge in [-0.2, -0.15) is 4.31 Å². The van der Waals surface area contributed by atoms with Gasteiger partial charge >= 0.3 is 0 Å². The summed E-state index contributed by atoms with van der Waals surface area (Å²) in [6.07, 6.45) is 3.91. The molecule has 1 aromatic carbocycles. The van der Waals surface area contributed by atoms with E-state index in [4.69, 9.17) is 23.2 Å². The molecule has 1 N–H and O–H groups in total. The number of hydrogen-bond acceptors (Lipinski definition) is 3. The number of aromatic nitrogens is 1. The molecule has 3 rings (SSSR count). The predicted octanol–water partition coefficient (Wildman–Crippen LogP) is 2.85. The topological polar surface area (TPSA) is 54.8 Å². The van der Waals surface area contributed by atoms with Gasteiger partial charge in [-0.05, 0) is 30.7 Å². The molecule has 0 saturated carbocycles. The lowest BCUT2D eigenvalue weighted by atomic mass is 10.3. The van der Waals surface area contributed by atoms with Crippen molar-refractivity contribution >= 4 is 38.9 Å². The summed E-state index contributed by atoms with van der Waals surface area (Å²) in [4.78, 5) is 4.93. The highest BCUT2D eigenvalue weighted by Crippen LogP contribution is 2.32. The van der Waals surface area contributed by atoms with Crippen LogP contribution in [-0.4, -0.2) is 38.9 Å². The number of halogens is 3. The fourth-order valence-corrected chi connectivity index (χ4v) is 4.94. The summed E-state index contributed by atoms with van der Waals surface area (Å²) in [7, 11) is -3.66. The first-order valence-electron chi connectivity index (χ1n) is 7.75. The van der Waals surface area contributed by atoms with E-state index in [-0.39, 0.29) is 4.90 Å². The Bertz CT molecular complexity index is 842. The molecule has 9 heteroatoms. The molecule has 2 aromatic rings. The zero-order chi connectivity index (χ0) is 18.0. The number of pyridine rings is 1. The van der Waals surface area contributed by atoms with Gasteiger partial charge in [0.1, 0.15) is 15.9 Å². The third-order valence-electron chi connectivity index (χ3n) is 4.10. The molecule has 1 aliphatic rings. The minimum atomic E-state index is -3.66. The molecule has 0 spiro atoms. The van der Waals surface area contributed by atoms with E-state index >= 15 is 0 Å². The Morgan fingerprint density at radius 2 is 1.60 bits per heavy atom. The van der Waals surface area contributed by atoms with Crippen LogP contribution in [0, 0.1) is 5.82 Å². The second-order valence-electron chi connectivity index (χ2n) is 5.70. The molecule has 0 bridgehead atoms. The van der Waals surface area contributed by atoms with Crippen molar-refractivity contribution in [2.75, 3.05) is 31.1 Å². The highest BCUT2D eigenvalue weighted by molar-refractivity contribution is 7.89. The van der Waals surface area contributed by atoms with Crippen LogP contribution in [0.1, 0.15) is 6.42 Å². The van der Waals surface area contributed by atoms with Gasteiger partial charge in [-0.1, -0.05) is 23.2 Å². The maximum atomic E-state index is 13.1. The van der Waals surface area contributed by atoms with Gasteiger partial charge in [0.15, 0.2) is 12.4 Å². The van der Waals surface area contributed by atoms with Crippen molar-refractivity contribution in [1.29, 1.82) is 0 Å². The third kappa shape index (κ3) is 3.89. The van der Waals surface area contributed by atoms with Gasteiger partial charge in [0.05, 0.1) is 10.6 Å². The monoisotopic (exact) mass is 404 g/mol. The summed E-state index contributed by atoms with van der Waals surface area (Å²) in [5, 5.41) is 0.977. The lowest BCUT2D eigenvalue weighted by Gasteiger charge is -2.24. The lowest BCUT2D eigenvalue weighted by Crippen LogP contribution is -2.35. The molecule has 5 nitrogen and oxygen atoms in total. The van der Waals surface area contributed by atoms with Crippen LogP contribution < -0.4 is 9.88 Å². The number of hydrogen-bond donors (Lipinski definition) is 0. The Balaban J connectivity index is 1.81. The molecule has 1 aromatic heterocycles. The Morgan fingerprint density at radius 1 is 0.960 bits per heavy atom. The fourth-order valence-electron chi connectivity index (χ4n) is 2.85. The van der Waals surface area contributed by atoms with Crippen molar-refractivity contribution in [2.45, 2.75) is 11.3 Å². The van der Waals surface area contributed by atoms with Crippen LogP contribution in [0.15, 0.2) is 41.6 Å². The van der Waals surface area contributed by atoms with E-state index in [1.165, 1.54) is 16.4 Å². The summed E-state index contributed by atoms with van der Waals surface area (Å²) in [5.41, 5.74) is 0.697. The Kier molecular flexibility index (Phi) is 5.48. The lowest BCUT2D eigenvalue weighted by molar-refractivity contribution is -0.377. The largest absolute Gasteiger partial charge is 0.367 e. The van der Waals surface area contributed by atoms with Crippen LogP contribution >= 0.6 is 23.2 Å². The minimum Gasteiger partial charge on any atom is -0.367 e. The molecule has 2 heterocycles. The molecule has 0 aliphatic carbocycles. The van der Waals surface area contributed by atoms with E-state index in [0.29, 0.717) is 48.3 Å². The zero-order valence-corrected chi connectivity index (χ0v) is 15.6. The molecule has 0 amide bonds. The number of nitrogens with one attached hydrogen (secondary N) is 1. The third-order valence-corrected chi connectivity index (χ3v) is 6.58. The molecule has 1 saturated heterocycles. The zero-order valence-electron chi connectivity index (χ0n) is 13.3. The standard InChI is InChI=1S/C16H16Cl2FN3O2S/c17-14-10-20-11-15(18)16(14)21-6-1-7-22(9-8-21)25(23,24)13-4-2-12(19)3-5-13/h2-5,10-11H,1,6-9H2/p+1. The summed E-state index contributed by atoms with van der Waals surface area (Å²) in [5.74, 6) is -0.467. The molecule has 1 aliphatic heterocycles. The predicted molar refractivity (Wildman–Crippen MR) is 95.0 cm³/mol. The number of rotatable bonds is 3. The van der Waals surface area contributed by atoms with Crippen molar-refractivity contribution in [3.63, 3.8) is 0 Å². The average molecular weight is 405 g/mol. The Labute approximate surface area is 156 Å². The van der Waals surface area contributed by atoms with Crippen LogP contribution in [0.25, 0.3) is 0 Å². The van der Waals surface area contributed by atoms with E-state index in [9.17, 15) is 12.8 Å². The molecule has 1 fully saturated rings. The second-order valence-corrected chi connectivity index (χ2v) is 8.45. The molecular weight excluding hydrogens is 388 g/mol. The van der Waals surface area contributed by atoms with Crippen molar-refractivity contribution < 1.29 is 17.8 Å². The first kappa shape index (κ1) is 18.4. The van der Waals surface area contributed by atoms with E-state index in [0.717, 1.165) is 12.1 Å². The SMILES string of the molecule is O=S(=O)(c1ccc(F)cc1)N1CCCN(c2c(Cl)c[nH+]cc2Cl)CC1. The van der Waals surface area contributed by atoms with E-state index in [1.807, 2.05) is 4.90 Å². The van der Waals surface area contributed by atoms with E-state index < -0.39 is 15.8 Å². The van der Waals surface area contributed by atoms with Crippen LogP contribution in [0.2, 0.25) is 10.0 Å². The first-order chi connectivity index (χ1) is 11.9. The van der Waals surface area contributed by atoms with Crippen molar-refractivity contribution in [1.82, 2.24) is 4.31 Å². The number of nitrogens with zero attached hydrogens (tertiary/aromatic N) is 2. The second kappa shape index (κ2) is 7.45. The average Bonchev–Trinajstić information content (AvgIpc) is 2.82. The summed E-state index contributed by atoms with van der Waals surface area (Å²) < 4.78 is 40.0. The number of aromatic amines is 1. The maximum absolute atomic E-state index is 13.1. The summed E-state index contributed by atoms with van der Waals surface area (Å²) in [6.45, 7) is 1.78. The van der Waals surface area contributed by atoms with Gasteiger partial charge in [-0.15, -0.1) is 0 Å². The molecule has 25 heavy (non-hydrogen) atoms. The van der Waals surface area contributed by atoms with Crippen molar-refractivity contribution in [3.8, 4) is 0 Å².